The molecule has 1 aromatic rings. The van der Waals surface area contributed by atoms with Gasteiger partial charge in [-0.2, -0.15) is 5.10 Å². The summed E-state index contributed by atoms with van der Waals surface area (Å²) in [6.07, 6.45) is 14.3. The molecule has 0 aromatic carbocycles. The van der Waals surface area contributed by atoms with E-state index in [0.29, 0.717) is 6.04 Å². The molecule has 118 valence electrons. The molecule has 21 heavy (non-hydrogen) atoms. The topological polar surface area (TPSA) is 29.9 Å². The molecule has 0 saturated heterocycles. The van der Waals surface area contributed by atoms with Crippen LogP contribution in [0.2, 0.25) is 0 Å². The van der Waals surface area contributed by atoms with Crippen molar-refractivity contribution in [2.75, 3.05) is 13.1 Å². The van der Waals surface area contributed by atoms with Crippen molar-refractivity contribution >= 4 is 0 Å². The van der Waals surface area contributed by atoms with Crippen molar-refractivity contribution in [3.05, 3.63) is 18.0 Å². The van der Waals surface area contributed by atoms with Crippen LogP contribution in [0.15, 0.2) is 12.3 Å². The van der Waals surface area contributed by atoms with Crippen LogP contribution in [0.25, 0.3) is 0 Å². The zero-order valence-corrected chi connectivity index (χ0v) is 13.6. The molecule has 3 heteroatoms. The fraction of sp³-hybridized carbons (Fsp3) is 0.833. The van der Waals surface area contributed by atoms with Gasteiger partial charge in [0.2, 0.25) is 0 Å². The van der Waals surface area contributed by atoms with Gasteiger partial charge in [-0.05, 0) is 69.5 Å². The normalized spacial score (nSPS) is 26.7. The third-order valence-electron chi connectivity index (χ3n) is 5.48. The zero-order valence-electron chi connectivity index (χ0n) is 13.6. The molecule has 0 amide bonds. The van der Waals surface area contributed by atoms with Gasteiger partial charge in [0.25, 0.3) is 0 Å². The van der Waals surface area contributed by atoms with E-state index in [9.17, 15) is 0 Å². The maximum absolute atomic E-state index is 4.88. The summed E-state index contributed by atoms with van der Waals surface area (Å²) in [4.78, 5) is 0. The van der Waals surface area contributed by atoms with Crippen LogP contribution in [0.1, 0.15) is 70.0 Å². The first kappa shape index (κ1) is 15.1. The van der Waals surface area contributed by atoms with Crippen molar-refractivity contribution in [2.24, 2.45) is 11.8 Å². The molecule has 1 N–H and O–H groups in total. The van der Waals surface area contributed by atoms with Gasteiger partial charge in [0.15, 0.2) is 0 Å². The van der Waals surface area contributed by atoms with E-state index in [1.807, 2.05) is 0 Å². The molecule has 1 aromatic heterocycles. The molecule has 2 aliphatic carbocycles. The summed E-state index contributed by atoms with van der Waals surface area (Å²) in [6.45, 7) is 4.62. The van der Waals surface area contributed by atoms with Crippen LogP contribution in [-0.4, -0.2) is 22.9 Å². The third-order valence-corrected chi connectivity index (χ3v) is 5.48. The van der Waals surface area contributed by atoms with E-state index < -0.39 is 0 Å². The number of hydrogen-bond acceptors (Lipinski definition) is 2. The van der Waals surface area contributed by atoms with Crippen LogP contribution in [0.4, 0.5) is 0 Å². The Hall–Kier alpha value is -0.830. The van der Waals surface area contributed by atoms with Gasteiger partial charge >= 0.3 is 0 Å². The molecular formula is C18H31N3. The average molecular weight is 289 g/mol. The molecule has 0 spiro atoms. The molecule has 0 bridgehead atoms. The second-order valence-electron chi connectivity index (χ2n) is 7.08. The molecule has 1 heterocycles. The fourth-order valence-corrected chi connectivity index (χ4v) is 4.24. The molecule has 0 aliphatic heterocycles. The predicted octanol–water partition coefficient (Wildman–Crippen LogP) is 3.96. The Morgan fingerprint density at radius 3 is 2.76 bits per heavy atom. The molecule has 2 aliphatic rings. The van der Waals surface area contributed by atoms with Crippen LogP contribution in [0, 0.1) is 11.8 Å². The highest BCUT2D eigenvalue weighted by molar-refractivity contribution is 5.03. The van der Waals surface area contributed by atoms with Crippen molar-refractivity contribution in [3.8, 4) is 0 Å². The van der Waals surface area contributed by atoms with Crippen LogP contribution < -0.4 is 5.32 Å². The lowest BCUT2D eigenvalue weighted by atomic mass is 9.91. The molecule has 2 atom stereocenters. The lowest BCUT2D eigenvalue weighted by molar-refractivity contribution is 0.360. The van der Waals surface area contributed by atoms with E-state index in [4.69, 9.17) is 5.10 Å². The maximum atomic E-state index is 4.88. The van der Waals surface area contributed by atoms with Crippen molar-refractivity contribution in [2.45, 2.75) is 70.8 Å². The quantitative estimate of drug-likeness (QED) is 0.770. The zero-order chi connectivity index (χ0) is 14.5. The number of aromatic nitrogens is 2. The van der Waals surface area contributed by atoms with Crippen molar-refractivity contribution in [3.63, 3.8) is 0 Å². The van der Waals surface area contributed by atoms with Gasteiger partial charge in [0.05, 0.1) is 11.7 Å². The van der Waals surface area contributed by atoms with Crippen LogP contribution >= 0.6 is 0 Å². The van der Waals surface area contributed by atoms with Gasteiger partial charge in [-0.25, -0.2) is 0 Å². The van der Waals surface area contributed by atoms with Gasteiger partial charge in [-0.3, -0.25) is 4.68 Å². The first-order valence-corrected chi connectivity index (χ1v) is 9.11. The molecule has 2 unspecified atom stereocenters. The summed E-state index contributed by atoms with van der Waals surface area (Å²) in [5, 5.41) is 8.50. The van der Waals surface area contributed by atoms with Gasteiger partial charge < -0.3 is 5.32 Å². The van der Waals surface area contributed by atoms with Gasteiger partial charge in [0.1, 0.15) is 0 Å². The molecule has 2 saturated carbocycles. The second-order valence-corrected chi connectivity index (χ2v) is 7.08. The van der Waals surface area contributed by atoms with Crippen molar-refractivity contribution < 1.29 is 0 Å². The van der Waals surface area contributed by atoms with Crippen LogP contribution in [0.5, 0.6) is 0 Å². The van der Waals surface area contributed by atoms with Crippen molar-refractivity contribution in [1.82, 2.24) is 15.1 Å². The summed E-state index contributed by atoms with van der Waals surface area (Å²) in [7, 11) is 0. The Labute approximate surface area is 129 Å². The maximum Gasteiger partial charge on any atom is 0.0627 e. The smallest absolute Gasteiger partial charge is 0.0627 e. The van der Waals surface area contributed by atoms with E-state index in [-0.39, 0.29) is 0 Å². The van der Waals surface area contributed by atoms with Gasteiger partial charge in [-0.1, -0.05) is 26.2 Å². The number of nitrogens with zero attached hydrogens (tertiary/aromatic N) is 2. The number of hydrogen-bond donors (Lipinski definition) is 1. The fourth-order valence-electron chi connectivity index (χ4n) is 4.24. The molecule has 3 nitrogen and oxygen atoms in total. The highest BCUT2D eigenvalue weighted by Crippen LogP contribution is 2.34. The summed E-state index contributed by atoms with van der Waals surface area (Å²) in [5.74, 6) is 1.72. The minimum atomic E-state index is 0.685. The Morgan fingerprint density at radius 2 is 1.95 bits per heavy atom. The Bertz CT molecular complexity index is 420. The summed E-state index contributed by atoms with van der Waals surface area (Å²) in [5.41, 5.74) is 1.33. The number of rotatable bonds is 7. The number of nitrogens with one attached hydrogen (secondary N) is 1. The molecular weight excluding hydrogens is 258 g/mol. The van der Waals surface area contributed by atoms with E-state index in [2.05, 4.69) is 29.2 Å². The lowest BCUT2D eigenvalue weighted by Crippen LogP contribution is -2.26. The van der Waals surface area contributed by atoms with Crippen molar-refractivity contribution in [1.29, 1.82) is 0 Å². The van der Waals surface area contributed by atoms with E-state index in [0.717, 1.165) is 11.8 Å². The Morgan fingerprint density at radius 1 is 1.14 bits per heavy atom. The average Bonchev–Trinajstić information content (AvgIpc) is 3.20. The van der Waals surface area contributed by atoms with E-state index in [1.54, 1.807) is 0 Å². The monoisotopic (exact) mass is 289 g/mol. The first-order chi connectivity index (χ1) is 10.4. The third kappa shape index (κ3) is 3.88. The standard InChI is InChI=1S/C18H31N3/c1-2-11-19-14-16-7-5-6-15(16)13-17-10-12-21(20-17)18-8-3-4-9-18/h10,12,15-16,18-19H,2-9,11,13-14H2,1H3. The summed E-state index contributed by atoms with van der Waals surface area (Å²) in [6, 6.07) is 2.96. The minimum Gasteiger partial charge on any atom is -0.316 e. The van der Waals surface area contributed by atoms with Crippen LogP contribution in [-0.2, 0) is 6.42 Å². The predicted molar refractivity (Wildman–Crippen MR) is 87.4 cm³/mol. The van der Waals surface area contributed by atoms with Gasteiger partial charge in [0, 0.05) is 6.20 Å². The SMILES string of the molecule is CCCNCC1CCCC1Cc1ccn(C2CCCC2)n1. The molecule has 3 rings (SSSR count). The summed E-state index contributed by atoms with van der Waals surface area (Å²) < 4.78 is 2.25. The lowest BCUT2D eigenvalue weighted by Gasteiger charge is -2.19. The first-order valence-electron chi connectivity index (χ1n) is 9.11. The highest BCUT2D eigenvalue weighted by atomic mass is 15.3. The van der Waals surface area contributed by atoms with E-state index >= 15 is 0 Å². The minimum absolute atomic E-state index is 0.685. The molecule has 0 radical (unpaired) electrons. The Balaban J connectivity index is 1.52. The summed E-state index contributed by atoms with van der Waals surface area (Å²) >= 11 is 0. The Kier molecular flexibility index (Phi) is 5.34. The van der Waals surface area contributed by atoms with E-state index in [1.165, 1.54) is 76.6 Å². The van der Waals surface area contributed by atoms with Gasteiger partial charge in [-0.15, -0.1) is 0 Å². The molecule has 2 fully saturated rings. The largest absolute Gasteiger partial charge is 0.316 e. The second kappa shape index (κ2) is 7.44. The van der Waals surface area contributed by atoms with Crippen LogP contribution in [0.3, 0.4) is 0 Å². The highest BCUT2D eigenvalue weighted by Gasteiger charge is 2.28.